The number of carboxylic acids is 1. The van der Waals surface area contributed by atoms with E-state index in [1.165, 1.54) is 0 Å². The Labute approximate surface area is 77.4 Å². The number of nitrogens with zero attached hydrogens (tertiary/aromatic N) is 1. The van der Waals surface area contributed by atoms with Gasteiger partial charge in [0.25, 0.3) is 0 Å². The number of aromatic nitrogens is 1. The van der Waals surface area contributed by atoms with Gasteiger partial charge < -0.3 is 5.11 Å². The van der Waals surface area contributed by atoms with Gasteiger partial charge >= 0.3 is 5.97 Å². The second-order valence-corrected chi connectivity index (χ2v) is 3.17. The first-order valence-corrected chi connectivity index (χ1v) is 4.23. The lowest BCUT2D eigenvalue weighted by atomic mass is 10.1. The quantitative estimate of drug-likeness (QED) is 0.768. The molecule has 0 amide bonds. The van der Waals surface area contributed by atoms with Crippen LogP contribution < -0.4 is 0 Å². The third-order valence-electron chi connectivity index (χ3n) is 1.90. The third kappa shape index (κ3) is 2.86. The van der Waals surface area contributed by atoms with E-state index < -0.39 is 5.97 Å². The van der Waals surface area contributed by atoms with E-state index in [4.69, 9.17) is 5.11 Å². The summed E-state index contributed by atoms with van der Waals surface area (Å²) in [6.45, 7) is 3.93. The maximum atomic E-state index is 10.3. The zero-order valence-corrected chi connectivity index (χ0v) is 7.87. The van der Waals surface area contributed by atoms with Crippen LogP contribution in [0.1, 0.15) is 23.2 Å². The Kier molecular flexibility index (Phi) is 3.01. The first kappa shape index (κ1) is 9.71. The zero-order valence-electron chi connectivity index (χ0n) is 7.87. The molecular formula is C10H13NO2. The van der Waals surface area contributed by atoms with Crippen molar-refractivity contribution in [2.45, 2.75) is 26.7 Å². The lowest BCUT2D eigenvalue weighted by Crippen LogP contribution is -2.01. The molecule has 0 bridgehead atoms. The van der Waals surface area contributed by atoms with Gasteiger partial charge in [0.1, 0.15) is 0 Å². The number of hydrogen-bond acceptors (Lipinski definition) is 2. The predicted molar refractivity (Wildman–Crippen MR) is 49.7 cm³/mol. The van der Waals surface area contributed by atoms with Crippen molar-refractivity contribution >= 4 is 5.97 Å². The lowest BCUT2D eigenvalue weighted by molar-refractivity contribution is -0.136. The average Bonchev–Trinajstić information content (AvgIpc) is 2.02. The van der Waals surface area contributed by atoms with Crippen LogP contribution in [0, 0.1) is 13.8 Å². The van der Waals surface area contributed by atoms with Crippen molar-refractivity contribution in [3.8, 4) is 0 Å². The number of carbonyl (C=O) groups is 1. The van der Waals surface area contributed by atoms with Gasteiger partial charge in [0, 0.05) is 18.3 Å². The van der Waals surface area contributed by atoms with Gasteiger partial charge in [-0.05, 0) is 25.0 Å². The van der Waals surface area contributed by atoms with E-state index in [1.54, 1.807) is 6.20 Å². The molecule has 0 unspecified atom stereocenters. The third-order valence-corrected chi connectivity index (χ3v) is 1.90. The van der Waals surface area contributed by atoms with Gasteiger partial charge in [0.15, 0.2) is 0 Å². The van der Waals surface area contributed by atoms with Crippen LogP contribution in [0.5, 0.6) is 0 Å². The van der Waals surface area contributed by atoms with Crippen LogP contribution >= 0.6 is 0 Å². The summed E-state index contributed by atoms with van der Waals surface area (Å²) in [6, 6.07) is 2.02. The summed E-state index contributed by atoms with van der Waals surface area (Å²) in [4.78, 5) is 14.5. The standard InChI is InChI=1S/C10H13NO2/c1-7-5-8(2)9(11-6-7)3-4-10(12)13/h5-6H,3-4H2,1-2H3,(H,12,13). The monoisotopic (exact) mass is 179 g/mol. The lowest BCUT2D eigenvalue weighted by Gasteiger charge is -2.03. The van der Waals surface area contributed by atoms with E-state index in [-0.39, 0.29) is 6.42 Å². The van der Waals surface area contributed by atoms with Crippen molar-refractivity contribution in [2.75, 3.05) is 0 Å². The fourth-order valence-corrected chi connectivity index (χ4v) is 1.23. The van der Waals surface area contributed by atoms with Crippen molar-refractivity contribution in [3.05, 3.63) is 29.1 Å². The van der Waals surface area contributed by atoms with Crippen LogP contribution in [0.3, 0.4) is 0 Å². The van der Waals surface area contributed by atoms with Crippen molar-refractivity contribution in [1.82, 2.24) is 4.98 Å². The minimum atomic E-state index is -0.776. The highest BCUT2D eigenvalue weighted by atomic mass is 16.4. The molecule has 1 rings (SSSR count). The SMILES string of the molecule is Cc1cnc(CCC(=O)O)c(C)c1. The largest absolute Gasteiger partial charge is 0.481 e. The minimum absolute atomic E-state index is 0.150. The normalized spacial score (nSPS) is 10.0. The van der Waals surface area contributed by atoms with Gasteiger partial charge in [-0.15, -0.1) is 0 Å². The number of pyridine rings is 1. The van der Waals surface area contributed by atoms with Crippen molar-refractivity contribution in [2.24, 2.45) is 0 Å². The Bertz CT molecular complexity index is 321. The zero-order chi connectivity index (χ0) is 9.84. The minimum Gasteiger partial charge on any atom is -0.481 e. The Morgan fingerprint density at radius 3 is 2.77 bits per heavy atom. The second-order valence-electron chi connectivity index (χ2n) is 3.17. The van der Waals surface area contributed by atoms with Gasteiger partial charge in [-0.2, -0.15) is 0 Å². The van der Waals surface area contributed by atoms with Crippen LogP contribution in [0.15, 0.2) is 12.3 Å². The van der Waals surface area contributed by atoms with E-state index in [2.05, 4.69) is 4.98 Å². The molecule has 0 aliphatic rings. The van der Waals surface area contributed by atoms with E-state index in [0.717, 1.165) is 16.8 Å². The maximum absolute atomic E-state index is 10.3. The van der Waals surface area contributed by atoms with Gasteiger partial charge in [-0.3, -0.25) is 9.78 Å². The van der Waals surface area contributed by atoms with Crippen LogP contribution in [0.25, 0.3) is 0 Å². The van der Waals surface area contributed by atoms with Crippen molar-refractivity contribution in [1.29, 1.82) is 0 Å². The maximum Gasteiger partial charge on any atom is 0.303 e. The number of carboxylic acid groups (broad SMARTS) is 1. The molecule has 0 fully saturated rings. The molecule has 1 aromatic heterocycles. The number of hydrogen-bond donors (Lipinski definition) is 1. The first-order chi connectivity index (χ1) is 6.09. The molecule has 1 heterocycles. The summed E-state index contributed by atoms with van der Waals surface area (Å²) >= 11 is 0. The van der Waals surface area contributed by atoms with Crippen LogP contribution in [0.4, 0.5) is 0 Å². The summed E-state index contributed by atoms with van der Waals surface area (Å²) in [5.74, 6) is -0.776. The molecule has 0 saturated heterocycles. The molecule has 3 heteroatoms. The summed E-state index contributed by atoms with van der Waals surface area (Å²) < 4.78 is 0. The van der Waals surface area contributed by atoms with Gasteiger partial charge in [0.05, 0.1) is 6.42 Å². The fraction of sp³-hybridized carbons (Fsp3) is 0.400. The molecule has 70 valence electrons. The van der Waals surface area contributed by atoms with E-state index in [0.29, 0.717) is 6.42 Å². The summed E-state index contributed by atoms with van der Waals surface area (Å²) in [5, 5.41) is 8.49. The van der Waals surface area contributed by atoms with E-state index >= 15 is 0 Å². The molecule has 3 nitrogen and oxygen atoms in total. The number of aliphatic carboxylic acids is 1. The van der Waals surface area contributed by atoms with E-state index in [9.17, 15) is 4.79 Å². The highest BCUT2D eigenvalue weighted by molar-refractivity contribution is 5.67. The molecule has 0 aromatic carbocycles. The van der Waals surface area contributed by atoms with Crippen molar-refractivity contribution in [3.63, 3.8) is 0 Å². The summed E-state index contributed by atoms with van der Waals surface area (Å²) in [6.07, 6.45) is 2.43. The van der Waals surface area contributed by atoms with Gasteiger partial charge in [0.2, 0.25) is 0 Å². The first-order valence-electron chi connectivity index (χ1n) is 4.23. The Morgan fingerprint density at radius 1 is 1.54 bits per heavy atom. The number of rotatable bonds is 3. The molecule has 0 radical (unpaired) electrons. The average molecular weight is 179 g/mol. The van der Waals surface area contributed by atoms with Gasteiger partial charge in [-0.1, -0.05) is 6.07 Å². The molecule has 0 aliphatic heterocycles. The van der Waals surface area contributed by atoms with E-state index in [1.807, 2.05) is 19.9 Å². The molecule has 0 aliphatic carbocycles. The Morgan fingerprint density at radius 2 is 2.23 bits per heavy atom. The molecule has 13 heavy (non-hydrogen) atoms. The molecule has 1 aromatic rings. The Balaban J connectivity index is 2.72. The van der Waals surface area contributed by atoms with Crippen LogP contribution in [-0.2, 0) is 11.2 Å². The highest BCUT2D eigenvalue weighted by Crippen LogP contribution is 2.08. The van der Waals surface area contributed by atoms with Crippen LogP contribution in [-0.4, -0.2) is 16.1 Å². The molecule has 0 atom stereocenters. The molecule has 1 N–H and O–H groups in total. The molecular weight excluding hydrogens is 166 g/mol. The van der Waals surface area contributed by atoms with Crippen LogP contribution in [0.2, 0.25) is 0 Å². The van der Waals surface area contributed by atoms with Crippen molar-refractivity contribution < 1.29 is 9.90 Å². The topological polar surface area (TPSA) is 50.2 Å². The smallest absolute Gasteiger partial charge is 0.303 e. The molecule has 0 spiro atoms. The molecule has 0 saturated carbocycles. The summed E-state index contributed by atoms with van der Waals surface area (Å²) in [5.41, 5.74) is 3.06. The highest BCUT2D eigenvalue weighted by Gasteiger charge is 2.03. The summed E-state index contributed by atoms with van der Waals surface area (Å²) in [7, 11) is 0. The number of aryl methyl sites for hydroxylation is 3. The fourth-order valence-electron chi connectivity index (χ4n) is 1.23. The van der Waals surface area contributed by atoms with Gasteiger partial charge in [-0.25, -0.2) is 0 Å². The Hall–Kier alpha value is -1.38. The second kappa shape index (κ2) is 4.03. The predicted octanol–water partition coefficient (Wildman–Crippen LogP) is 1.72.